The van der Waals surface area contributed by atoms with Gasteiger partial charge in [-0.3, -0.25) is 0 Å². The van der Waals surface area contributed by atoms with Crippen LogP contribution in [0.4, 0.5) is 0 Å². The van der Waals surface area contributed by atoms with Crippen LogP contribution in [0.5, 0.6) is 5.95 Å². The molecule has 19 heavy (non-hydrogen) atoms. The van der Waals surface area contributed by atoms with E-state index in [1.54, 1.807) is 0 Å². The number of hydrogen-bond donors (Lipinski definition) is 1. The second kappa shape index (κ2) is 9.90. The molecule has 1 heterocycles. The fraction of sp³-hybridized carbons (Fsp3) is 0.750. The molecular weight excluding hydrogens is 240 g/mol. The van der Waals surface area contributed by atoms with Gasteiger partial charge in [-0.25, -0.2) is 0 Å². The van der Waals surface area contributed by atoms with Crippen molar-refractivity contribution in [1.29, 1.82) is 0 Å². The zero-order valence-corrected chi connectivity index (χ0v) is 12.4. The van der Waals surface area contributed by atoms with Crippen LogP contribution in [0.1, 0.15) is 70.1 Å². The summed E-state index contributed by atoms with van der Waals surface area (Å²) in [5.41, 5.74) is 1.11. The molecule has 0 spiro atoms. The summed E-state index contributed by atoms with van der Waals surface area (Å²) in [6.07, 6.45) is 9.32. The van der Waals surface area contributed by atoms with Gasteiger partial charge in [-0.05, 0) is 25.3 Å². The highest BCUT2D eigenvalue weighted by Gasteiger charge is 2.11. The summed E-state index contributed by atoms with van der Waals surface area (Å²) in [6.45, 7) is 5.04. The molecule has 0 aliphatic heterocycles. The van der Waals surface area contributed by atoms with Crippen molar-refractivity contribution in [2.75, 3.05) is 6.61 Å². The van der Waals surface area contributed by atoms with Crippen LogP contribution in [-0.2, 0) is 13.0 Å². The Morgan fingerprint density at radius 3 is 2.47 bits per heavy atom. The highest BCUT2D eigenvalue weighted by Crippen LogP contribution is 2.26. The third kappa shape index (κ3) is 6.15. The van der Waals surface area contributed by atoms with Crippen LogP contribution in [0.15, 0.2) is 10.5 Å². The molecule has 0 aromatic carbocycles. The Hall–Kier alpha value is -0.960. The summed E-state index contributed by atoms with van der Waals surface area (Å²) in [5, 5.41) is 9.15. The van der Waals surface area contributed by atoms with Crippen LogP contribution >= 0.6 is 0 Å². The highest BCUT2D eigenvalue weighted by molar-refractivity contribution is 5.26. The molecule has 0 aliphatic carbocycles. The zero-order chi connectivity index (χ0) is 13.9. The van der Waals surface area contributed by atoms with E-state index in [4.69, 9.17) is 14.3 Å². The Balaban J connectivity index is 2.44. The molecule has 0 atom stereocenters. The molecule has 0 aliphatic rings. The number of hydrogen-bond acceptors (Lipinski definition) is 3. The molecule has 0 radical (unpaired) electrons. The largest absolute Gasteiger partial charge is 0.465 e. The normalized spacial score (nSPS) is 10.9. The van der Waals surface area contributed by atoms with Crippen molar-refractivity contribution in [2.24, 2.45) is 0 Å². The van der Waals surface area contributed by atoms with E-state index in [1.165, 1.54) is 32.1 Å². The van der Waals surface area contributed by atoms with Crippen molar-refractivity contribution in [2.45, 2.75) is 71.8 Å². The average Bonchev–Trinajstić information content (AvgIpc) is 2.82. The lowest BCUT2D eigenvalue weighted by atomic mass is 10.1. The summed E-state index contributed by atoms with van der Waals surface area (Å²) < 4.78 is 11.2. The van der Waals surface area contributed by atoms with Crippen molar-refractivity contribution in [3.05, 3.63) is 17.4 Å². The monoisotopic (exact) mass is 268 g/mol. The van der Waals surface area contributed by atoms with Crippen molar-refractivity contribution >= 4 is 0 Å². The van der Waals surface area contributed by atoms with Crippen LogP contribution < -0.4 is 4.74 Å². The third-order valence-corrected chi connectivity index (χ3v) is 3.26. The molecule has 1 aromatic heterocycles. The topological polar surface area (TPSA) is 42.6 Å². The molecular formula is C16H28O3. The van der Waals surface area contributed by atoms with Crippen LogP contribution in [0.3, 0.4) is 0 Å². The maximum absolute atomic E-state index is 9.15. The Labute approximate surface area is 117 Å². The number of aliphatic hydroxyl groups is 1. The number of rotatable bonds is 11. The van der Waals surface area contributed by atoms with E-state index in [0.717, 1.165) is 24.8 Å². The molecule has 0 fully saturated rings. The predicted octanol–water partition coefficient (Wildman–Crippen LogP) is 4.46. The van der Waals surface area contributed by atoms with Gasteiger partial charge in [0.2, 0.25) is 0 Å². The minimum absolute atomic E-state index is 0.0553. The molecule has 0 saturated heterocycles. The zero-order valence-electron chi connectivity index (χ0n) is 12.4. The van der Waals surface area contributed by atoms with E-state index < -0.39 is 0 Å². The Morgan fingerprint density at radius 2 is 1.79 bits per heavy atom. The maximum atomic E-state index is 9.15. The Bertz CT molecular complexity index is 301. The molecule has 1 aromatic rings. The van der Waals surface area contributed by atoms with E-state index in [-0.39, 0.29) is 6.61 Å². The number of unbranched alkanes of at least 4 members (excludes halogenated alkanes) is 5. The third-order valence-electron chi connectivity index (χ3n) is 3.26. The van der Waals surface area contributed by atoms with Gasteiger partial charge in [0.05, 0.1) is 6.61 Å². The van der Waals surface area contributed by atoms with Crippen LogP contribution in [-0.4, -0.2) is 11.7 Å². The summed E-state index contributed by atoms with van der Waals surface area (Å²) in [7, 11) is 0. The first kappa shape index (κ1) is 16.1. The molecule has 1 N–H and O–H groups in total. The van der Waals surface area contributed by atoms with Gasteiger partial charge in [0, 0.05) is 5.56 Å². The summed E-state index contributed by atoms with van der Waals surface area (Å²) in [4.78, 5) is 0. The quantitative estimate of drug-likeness (QED) is 0.602. The maximum Gasteiger partial charge on any atom is 0.287 e. The highest BCUT2D eigenvalue weighted by atomic mass is 16.6. The fourth-order valence-electron chi connectivity index (χ4n) is 2.10. The van der Waals surface area contributed by atoms with E-state index in [9.17, 15) is 0 Å². The fourth-order valence-corrected chi connectivity index (χ4v) is 2.10. The Kier molecular flexibility index (Phi) is 8.39. The van der Waals surface area contributed by atoms with Crippen LogP contribution in [0.2, 0.25) is 0 Å². The van der Waals surface area contributed by atoms with Gasteiger partial charge in [-0.2, -0.15) is 0 Å². The average molecular weight is 268 g/mol. The summed E-state index contributed by atoms with van der Waals surface area (Å²) >= 11 is 0. The van der Waals surface area contributed by atoms with Crippen molar-refractivity contribution in [3.8, 4) is 5.95 Å². The van der Waals surface area contributed by atoms with Crippen molar-refractivity contribution < 1.29 is 14.3 Å². The number of furan rings is 1. The lowest BCUT2D eigenvalue weighted by molar-refractivity contribution is 0.199. The number of aliphatic hydroxyl groups excluding tert-OH is 1. The summed E-state index contributed by atoms with van der Waals surface area (Å²) in [6, 6.07) is 1.93. The lowest BCUT2D eigenvalue weighted by Gasteiger charge is -2.05. The number of ether oxygens (including phenoxy) is 1. The molecule has 110 valence electrons. The van der Waals surface area contributed by atoms with E-state index >= 15 is 0 Å². The molecule has 0 unspecified atom stereocenters. The second-order valence-corrected chi connectivity index (χ2v) is 5.05. The minimum Gasteiger partial charge on any atom is -0.465 e. The first-order valence-corrected chi connectivity index (χ1v) is 7.67. The van der Waals surface area contributed by atoms with Crippen molar-refractivity contribution in [3.63, 3.8) is 0 Å². The smallest absolute Gasteiger partial charge is 0.287 e. The van der Waals surface area contributed by atoms with Gasteiger partial charge in [0.15, 0.2) is 0 Å². The van der Waals surface area contributed by atoms with Gasteiger partial charge >= 0.3 is 0 Å². The molecule has 1 rings (SSSR count). The lowest BCUT2D eigenvalue weighted by Crippen LogP contribution is -1.98. The van der Waals surface area contributed by atoms with Crippen LogP contribution in [0.25, 0.3) is 0 Å². The summed E-state index contributed by atoms with van der Waals surface area (Å²) in [5.74, 6) is 1.23. The molecule has 3 heteroatoms. The van der Waals surface area contributed by atoms with E-state index in [0.29, 0.717) is 18.3 Å². The Morgan fingerprint density at radius 1 is 1.05 bits per heavy atom. The number of aryl methyl sites for hydroxylation is 1. The van der Waals surface area contributed by atoms with Gasteiger partial charge < -0.3 is 14.3 Å². The molecule has 3 nitrogen and oxygen atoms in total. The molecule has 0 bridgehead atoms. The molecule has 0 amide bonds. The van der Waals surface area contributed by atoms with E-state index in [1.807, 2.05) is 6.07 Å². The standard InChI is InChI=1S/C16H28O3/c1-3-5-7-8-10-14-12-15(13-17)19-16(14)18-11-9-6-4-2/h12,17H,3-11,13H2,1-2H3. The SMILES string of the molecule is CCCCCCc1cc(CO)oc1OCCCCC. The van der Waals surface area contributed by atoms with Gasteiger partial charge in [-0.15, -0.1) is 0 Å². The molecule has 0 saturated carbocycles. The van der Waals surface area contributed by atoms with Gasteiger partial charge in [0.25, 0.3) is 5.95 Å². The first-order valence-electron chi connectivity index (χ1n) is 7.67. The van der Waals surface area contributed by atoms with Gasteiger partial charge in [0.1, 0.15) is 12.4 Å². The first-order chi connectivity index (χ1) is 9.31. The van der Waals surface area contributed by atoms with E-state index in [2.05, 4.69) is 13.8 Å². The van der Waals surface area contributed by atoms with Crippen LogP contribution in [0, 0.1) is 0 Å². The van der Waals surface area contributed by atoms with Gasteiger partial charge in [-0.1, -0.05) is 46.0 Å². The van der Waals surface area contributed by atoms with Crippen molar-refractivity contribution in [1.82, 2.24) is 0 Å². The minimum atomic E-state index is -0.0553. The predicted molar refractivity (Wildman–Crippen MR) is 77.5 cm³/mol. The second-order valence-electron chi connectivity index (χ2n) is 5.05.